The standard InChI is InChI=1S/C11H14BrN3S/c1-2-13-7-9-5-6-15(14-9)8-10-3-4-11(12)16-10/h3-6,13H,2,7-8H2,1H3. The van der Waals surface area contributed by atoms with E-state index in [-0.39, 0.29) is 0 Å². The second-order valence-electron chi connectivity index (χ2n) is 3.49. The Bertz CT molecular complexity index is 450. The van der Waals surface area contributed by atoms with E-state index < -0.39 is 0 Å². The van der Waals surface area contributed by atoms with E-state index in [0.29, 0.717) is 0 Å². The van der Waals surface area contributed by atoms with Gasteiger partial charge in [-0.05, 0) is 40.7 Å². The quantitative estimate of drug-likeness (QED) is 0.920. The Morgan fingerprint density at radius 2 is 2.31 bits per heavy atom. The van der Waals surface area contributed by atoms with Gasteiger partial charge in [-0.2, -0.15) is 5.10 Å². The highest BCUT2D eigenvalue weighted by molar-refractivity contribution is 9.11. The second kappa shape index (κ2) is 5.61. The summed E-state index contributed by atoms with van der Waals surface area (Å²) < 4.78 is 3.15. The molecule has 16 heavy (non-hydrogen) atoms. The molecule has 0 saturated heterocycles. The van der Waals surface area contributed by atoms with Gasteiger partial charge in [0.2, 0.25) is 0 Å². The predicted octanol–water partition coefficient (Wildman–Crippen LogP) is 2.86. The summed E-state index contributed by atoms with van der Waals surface area (Å²) in [6.07, 6.45) is 2.03. The minimum atomic E-state index is 0.845. The van der Waals surface area contributed by atoms with Crippen molar-refractivity contribution in [3.63, 3.8) is 0 Å². The van der Waals surface area contributed by atoms with Gasteiger partial charge in [0.15, 0.2) is 0 Å². The Hall–Kier alpha value is -0.650. The average molecular weight is 300 g/mol. The van der Waals surface area contributed by atoms with E-state index in [4.69, 9.17) is 0 Å². The first kappa shape index (κ1) is 11.8. The van der Waals surface area contributed by atoms with Gasteiger partial charge >= 0.3 is 0 Å². The van der Waals surface area contributed by atoms with Crippen LogP contribution in [0.2, 0.25) is 0 Å². The largest absolute Gasteiger partial charge is 0.311 e. The molecular weight excluding hydrogens is 286 g/mol. The van der Waals surface area contributed by atoms with Crippen LogP contribution < -0.4 is 5.32 Å². The first-order chi connectivity index (χ1) is 7.78. The molecule has 0 saturated carbocycles. The number of rotatable bonds is 5. The van der Waals surface area contributed by atoms with E-state index in [9.17, 15) is 0 Å². The van der Waals surface area contributed by atoms with Crippen LogP contribution in [0.1, 0.15) is 17.5 Å². The first-order valence-electron chi connectivity index (χ1n) is 5.25. The molecule has 2 rings (SSSR count). The lowest BCUT2D eigenvalue weighted by Gasteiger charge is -1.99. The molecule has 0 aromatic carbocycles. The highest BCUT2D eigenvalue weighted by Crippen LogP contribution is 2.22. The van der Waals surface area contributed by atoms with Gasteiger partial charge in [0.05, 0.1) is 16.0 Å². The van der Waals surface area contributed by atoms with E-state index in [2.05, 4.69) is 51.5 Å². The van der Waals surface area contributed by atoms with Crippen LogP contribution in [0.25, 0.3) is 0 Å². The molecule has 0 unspecified atom stereocenters. The normalized spacial score (nSPS) is 10.9. The number of nitrogens with zero attached hydrogens (tertiary/aromatic N) is 2. The Morgan fingerprint density at radius 3 is 3.00 bits per heavy atom. The Morgan fingerprint density at radius 1 is 1.44 bits per heavy atom. The molecule has 0 amide bonds. The molecule has 2 aromatic rings. The predicted molar refractivity (Wildman–Crippen MR) is 70.7 cm³/mol. The zero-order chi connectivity index (χ0) is 11.4. The van der Waals surface area contributed by atoms with Crippen molar-refractivity contribution in [1.82, 2.24) is 15.1 Å². The molecule has 0 bridgehead atoms. The minimum Gasteiger partial charge on any atom is -0.311 e. The molecule has 0 radical (unpaired) electrons. The number of hydrogen-bond acceptors (Lipinski definition) is 3. The summed E-state index contributed by atoms with van der Waals surface area (Å²) in [5, 5.41) is 7.76. The van der Waals surface area contributed by atoms with Crippen molar-refractivity contribution in [2.24, 2.45) is 0 Å². The van der Waals surface area contributed by atoms with E-state index in [1.807, 2.05) is 10.9 Å². The van der Waals surface area contributed by atoms with Crippen LogP contribution in [0.5, 0.6) is 0 Å². The Balaban J connectivity index is 1.97. The Kier molecular flexibility index (Phi) is 4.15. The number of nitrogens with one attached hydrogen (secondary N) is 1. The van der Waals surface area contributed by atoms with Crippen LogP contribution in [0, 0.1) is 0 Å². The van der Waals surface area contributed by atoms with E-state index >= 15 is 0 Å². The SMILES string of the molecule is CCNCc1ccn(Cc2ccc(Br)s2)n1. The summed E-state index contributed by atoms with van der Waals surface area (Å²) in [6, 6.07) is 6.26. The van der Waals surface area contributed by atoms with Crippen molar-refractivity contribution >= 4 is 27.3 Å². The molecular formula is C11H14BrN3S. The van der Waals surface area contributed by atoms with E-state index in [0.717, 1.165) is 25.3 Å². The number of aromatic nitrogens is 2. The molecule has 0 fully saturated rings. The lowest BCUT2D eigenvalue weighted by atomic mass is 10.4. The third-order valence-electron chi connectivity index (χ3n) is 2.20. The maximum absolute atomic E-state index is 4.50. The van der Waals surface area contributed by atoms with Crippen LogP contribution in [0.3, 0.4) is 0 Å². The van der Waals surface area contributed by atoms with Crippen molar-refractivity contribution in [2.75, 3.05) is 6.54 Å². The van der Waals surface area contributed by atoms with Crippen LogP contribution in [0.4, 0.5) is 0 Å². The molecule has 0 aliphatic rings. The Labute approximate surface area is 108 Å². The minimum absolute atomic E-state index is 0.845. The molecule has 2 heterocycles. The van der Waals surface area contributed by atoms with Gasteiger partial charge in [-0.15, -0.1) is 11.3 Å². The number of hydrogen-bond donors (Lipinski definition) is 1. The lowest BCUT2D eigenvalue weighted by molar-refractivity contribution is 0.648. The molecule has 0 spiro atoms. The molecule has 1 N–H and O–H groups in total. The van der Waals surface area contributed by atoms with Gasteiger partial charge in [-0.25, -0.2) is 0 Å². The molecule has 86 valence electrons. The summed E-state index contributed by atoms with van der Waals surface area (Å²) in [5.74, 6) is 0. The van der Waals surface area contributed by atoms with Crippen molar-refractivity contribution in [1.29, 1.82) is 0 Å². The van der Waals surface area contributed by atoms with Crippen molar-refractivity contribution in [3.05, 3.63) is 38.8 Å². The van der Waals surface area contributed by atoms with Crippen LogP contribution >= 0.6 is 27.3 Å². The van der Waals surface area contributed by atoms with Gasteiger partial charge in [0.1, 0.15) is 0 Å². The second-order valence-corrected chi connectivity index (χ2v) is 6.04. The van der Waals surface area contributed by atoms with Crippen LogP contribution in [-0.4, -0.2) is 16.3 Å². The summed E-state index contributed by atoms with van der Waals surface area (Å²) in [5.41, 5.74) is 1.09. The third-order valence-corrected chi connectivity index (χ3v) is 3.81. The smallest absolute Gasteiger partial charge is 0.0762 e. The maximum Gasteiger partial charge on any atom is 0.0762 e. The molecule has 0 atom stereocenters. The lowest BCUT2D eigenvalue weighted by Crippen LogP contribution is -2.12. The third kappa shape index (κ3) is 3.17. The number of thiophene rings is 1. The number of halogens is 1. The van der Waals surface area contributed by atoms with Crippen molar-refractivity contribution < 1.29 is 0 Å². The zero-order valence-corrected chi connectivity index (χ0v) is 11.5. The highest BCUT2D eigenvalue weighted by Gasteiger charge is 2.01. The van der Waals surface area contributed by atoms with Gasteiger partial charge in [-0.1, -0.05) is 6.92 Å². The van der Waals surface area contributed by atoms with Gasteiger partial charge in [0.25, 0.3) is 0 Å². The van der Waals surface area contributed by atoms with E-state index in [1.165, 1.54) is 8.66 Å². The summed E-state index contributed by atoms with van der Waals surface area (Å²) >= 11 is 5.21. The van der Waals surface area contributed by atoms with E-state index in [1.54, 1.807) is 11.3 Å². The highest BCUT2D eigenvalue weighted by atomic mass is 79.9. The molecule has 0 aliphatic carbocycles. The molecule has 5 heteroatoms. The van der Waals surface area contributed by atoms with Crippen LogP contribution in [0.15, 0.2) is 28.2 Å². The fourth-order valence-corrected chi connectivity index (χ4v) is 2.91. The first-order valence-corrected chi connectivity index (χ1v) is 6.86. The maximum atomic E-state index is 4.50. The van der Waals surface area contributed by atoms with Gasteiger partial charge < -0.3 is 5.32 Å². The zero-order valence-electron chi connectivity index (χ0n) is 9.11. The molecule has 3 nitrogen and oxygen atoms in total. The van der Waals surface area contributed by atoms with Gasteiger partial charge in [0, 0.05) is 17.6 Å². The van der Waals surface area contributed by atoms with Crippen molar-refractivity contribution in [3.8, 4) is 0 Å². The molecule has 2 aromatic heterocycles. The van der Waals surface area contributed by atoms with Gasteiger partial charge in [-0.3, -0.25) is 4.68 Å². The van der Waals surface area contributed by atoms with Crippen LogP contribution in [-0.2, 0) is 13.1 Å². The van der Waals surface area contributed by atoms with Crippen molar-refractivity contribution in [2.45, 2.75) is 20.0 Å². The summed E-state index contributed by atoms with van der Waals surface area (Å²) in [7, 11) is 0. The topological polar surface area (TPSA) is 29.9 Å². The monoisotopic (exact) mass is 299 g/mol. The molecule has 0 aliphatic heterocycles. The summed E-state index contributed by atoms with van der Waals surface area (Å²) in [6.45, 7) is 4.77. The average Bonchev–Trinajstić information content (AvgIpc) is 2.86. The fraction of sp³-hybridized carbons (Fsp3) is 0.364. The summed E-state index contributed by atoms with van der Waals surface area (Å²) in [4.78, 5) is 1.31. The fourth-order valence-electron chi connectivity index (χ4n) is 1.44.